The van der Waals surface area contributed by atoms with E-state index in [4.69, 9.17) is 17.3 Å². The first-order chi connectivity index (χ1) is 11.1. The van der Waals surface area contributed by atoms with Gasteiger partial charge in [0.2, 0.25) is 15.9 Å². The molecule has 1 aliphatic rings. The van der Waals surface area contributed by atoms with Gasteiger partial charge in [0.05, 0.1) is 10.7 Å². The van der Waals surface area contributed by atoms with Crippen LogP contribution < -0.4 is 11.1 Å². The molecule has 1 saturated heterocycles. The van der Waals surface area contributed by atoms with Crippen molar-refractivity contribution in [3.05, 3.63) is 23.0 Å². The van der Waals surface area contributed by atoms with E-state index in [-0.39, 0.29) is 35.1 Å². The van der Waals surface area contributed by atoms with Crippen LogP contribution in [0.15, 0.2) is 17.0 Å². The first-order valence-corrected chi connectivity index (χ1v) is 9.47. The molecule has 1 aliphatic heterocycles. The van der Waals surface area contributed by atoms with Crippen LogP contribution >= 0.6 is 24.0 Å². The van der Waals surface area contributed by atoms with E-state index in [0.717, 1.165) is 12.1 Å². The number of piperidine rings is 1. The molecule has 1 unspecified atom stereocenters. The summed E-state index contributed by atoms with van der Waals surface area (Å²) in [6, 6.07) is 1.96. The Morgan fingerprint density at radius 3 is 2.44 bits per heavy atom. The second kappa shape index (κ2) is 8.64. The summed E-state index contributed by atoms with van der Waals surface area (Å²) in [6.45, 7) is 3.73. The van der Waals surface area contributed by atoms with Gasteiger partial charge in [-0.25, -0.2) is 12.8 Å². The van der Waals surface area contributed by atoms with Crippen LogP contribution in [-0.4, -0.2) is 37.8 Å². The van der Waals surface area contributed by atoms with Crippen LogP contribution in [0.2, 0.25) is 5.02 Å². The minimum atomic E-state index is -3.99. The maximum atomic E-state index is 14.3. The van der Waals surface area contributed by atoms with E-state index < -0.39 is 26.6 Å². The molecule has 0 radical (unpaired) electrons. The van der Waals surface area contributed by atoms with Gasteiger partial charge in [-0.3, -0.25) is 4.79 Å². The van der Waals surface area contributed by atoms with Crippen molar-refractivity contribution < 1.29 is 17.6 Å². The third-order valence-electron chi connectivity index (χ3n) is 4.19. The van der Waals surface area contributed by atoms with Gasteiger partial charge in [0.15, 0.2) is 0 Å². The third kappa shape index (κ3) is 5.04. The number of nitrogens with two attached hydrogens (primary N) is 1. The van der Waals surface area contributed by atoms with E-state index in [2.05, 4.69) is 5.32 Å². The number of rotatable bonds is 4. The predicted octanol–water partition coefficient (Wildman–Crippen LogP) is 2.61. The summed E-state index contributed by atoms with van der Waals surface area (Å²) in [5, 5.41) is 2.33. The van der Waals surface area contributed by atoms with Crippen molar-refractivity contribution in [3.8, 4) is 0 Å². The molecule has 1 fully saturated rings. The van der Waals surface area contributed by atoms with Crippen LogP contribution in [-0.2, 0) is 14.8 Å². The number of benzene rings is 1. The summed E-state index contributed by atoms with van der Waals surface area (Å²) in [5.41, 5.74) is 5.89. The minimum Gasteiger partial charge on any atom is -0.328 e. The molecule has 1 amide bonds. The summed E-state index contributed by atoms with van der Waals surface area (Å²) in [7, 11) is -3.99. The lowest BCUT2D eigenvalue weighted by molar-refractivity contribution is -0.114. The highest BCUT2D eigenvalue weighted by atomic mass is 35.5. The molecular formula is C15H22Cl2FN3O3S. The van der Waals surface area contributed by atoms with Gasteiger partial charge in [0, 0.05) is 32.1 Å². The standard InChI is InChI=1S/C15H21ClFN3O3S.ClH/c1-9(18)11-3-5-20(6-4-11)24(22,23)15-7-12(16)14(8-13(15)17)19-10(2)21;/h7-9,11H,3-6,18H2,1-2H3,(H,19,21);1H. The topological polar surface area (TPSA) is 92.5 Å². The molecule has 1 atom stereocenters. The van der Waals surface area contributed by atoms with Gasteiger partial charge in [-0.2, -0.15) is 4.31 Å². The van der Waals surface area contributed by atoms with Crippen molar-refractivity contribution in [1.29, 1.82) is 0 Å². The molecule has 0 aromatic heterocycles. The maximum Gasteiger partial charge on any atom is 0.246 e. The molecule has 0 aliphatic carbocycles. The van der Waals surface area contributed by atoms with Crippen molar-refractivity contribution in [2.45, 2.75) is 37.6 Å². The second-order valence-corrected chi connectivity index (χ2v) is 8.36. The number of carbonyl (C=O) groups is 1. The Balaban J connectivity index is 0.00000312. The van der Waals surface area contributed by atoms with Crippen molar-refractivity contribution in [2.24, 2.45) is 11.7 Å². The molecule has 0 spiro atoms. The Bertz CT molecular complexity index is 736. The number of hydrogen-bond acceptors (Lipinski definition) is 4. The lowest BCUT2D eigenvalue weighted by Crippen LogP contribution is -2.42. The Kier molecular flexibility index (Phi) is 7.64. The van der Waals surface area contributed by atoms with E-state index in [1.54, 1.807) is 0 Å². The monoisotopic (exact) mass is 413 g/mol. The number of amides is 1. The summed E-state index contributed by atoms with van der Waals surface area (Å²) < 4.78 is 40.9. The second-order valence-electron chi connectivity index (χ2n) is 6.04. The zero-order valence-electron chi connectivity index (χ0n) is 14.0. The molecule has 6 nitrogen and oxygen atoms in total. The lowest BCUT2D eigenvalue weighted by atomic mass is 9.92. The number of anilines is 1. The van der Waals surface area contributed by atoms with E-state index in [1.165, 1.54) is 11.2 Å². The highest BCUT2D eigenvalue weighted by molar-refractivity contribution is 7.89. The first-order valence-electron chi connectivity index (χ1n) is 7.65. The SMILES string of the molecule is CC(=O)Nc1cc(F)c(S(=O)(=O)N2CCC(C(C)N)CC2)cc1Cl.Cl. The zero-order valence-corrected chi connectivity index (χ0v) is 16.3. The molecule has 0 saturated carbocycles. The van der Waals surface area contributed by atoms with E-state index >= 15 is 0 Å². The lowest BCUT2D eigenvalue weighted by Gasteiger charge is -2.33. The molecule has 1 heterocycles. The maximum absolute atomic E-state index is 14.3. The van der Waals surface area contributed by atoms with Gasteiger partial charge >= 0.3 is 0 Å². The van der Waals surface area contributed by atoms with Crippen molar-refractivity contribution in [1.82, 2.24) is 4.31 Å². The zero-order chi connectivity index (χ0) is 18.1. The van der Waals surface area contributed by atoms with E-state index in [1.807, 2.05) is 6.92 Å². The molecule has 1 aromatic rings. The molecule has 25 heavy (non-hydrogen) atoms. The number of hydrogen-bond donors (Lipinski definition) is 2. The Hall–Kier alpha value is -0.930. The van der Waals surface area contributed by atoms with Crippen molar-refractivity contribution in [3.63, 3.8) is 0 Å². The van der Waals surface area contributed by atoms with Crippen molar-refractivity contribution >= 4 is 45.6 Å². The fourth-order valence-corrected chi connectivity index (χ4v) is 4.61. The minimum absolute atomic E-state index is 0. The van der Waals surface area contributed by atoms with E-state index in [0.29, 0.717) is 25.9 Å². The van der Waals surface area contributed by atoms with Gasteiger partial charge in [-0.05, 0) is 31.7 Å². The fraction of sp³-hybridized carbons (Fsp3) is 0.533. The normalized spacial score (nSPS) is 17.6. The molecule has 2 rings (SSSR count). The Morgan fingerprint density at radius 1 is 1.40 bits per heavy atom. The largest absolute Gasteiger partial charge is 0.328 e. The number of nitrogens with one attached hydrogen (secondary N) is 1. The number of halogens is 3. The summed E-state index contributed by atoms with van der Waals surface area (Å²) in [4.78, 5) is 10.6. The predicted molar refractivity (Wildman–Crippen MR) is 98.1 cm³/mol. The summed E-state index contributed by atoms with van der Waals surface area (Å²) >= 11 is 5.97. The highest BCUT2D eigenvalue weighted by Crippen LogP contribution is 2.31. The Labute approximate surface area is 158 Å². The number of nitrogens with zero attached hydrogens (tertiary/aromatic N) is 1. The van der Waals surface area contributed by atoms with Crippen LogP contribution in [0.5, 0.6) is 0 Å². The average molecular weight is 414 g/mol. The van der Waals surface area contributed by atoms with Gasteiger partial charge in [0.1, 0.15) is 10.7 Å². The molecule has 1 aromatic carbocycles. The quantitative estimate of drug-likeness (QED) is 0.792. The number of sulfonamides is 1. The van der Waals surface area contributed by atoms with Gasteiger partial charge in [-0.1, -0.05) is 11.6 Å². The van der Waals surface area contributed by atoms with Crippen LogP contribution in [0.1, 0.15) is 26.7 Å². The van der Waals surface area contributed by atoms with Crippen LogP contribution in [0.4, 0.5) is 10.1 Å². The van der Waals surface area contributed by atoms with E-state index in [9.17, 15) is 17.6 Å². The van der Waals surface area contributed by atoms with Gasteiger partial charge in [0.25, 0.3) is 0 Å². The van der Waals surface area contributed by atoms with Crippen LogP contribution in [0.25, 0.3) is 0 Å². The molecule has 142 valence electrons. The first kappa shape index (κ1) is 22.1. The smallest absolute Gasteiger partial charge is 0.246 e. The molecule has 0 bridgehead atoms. The van der Waals surface area contributed by atoms with Crippen LogP contribution in [0.3, 0.4) is 0 Å². The summed E-state index contributed by atoms with van der Waals surface area (Å²) in [6.07, 6.45) is 1.27. The third-order valence-corrected chi connectivity index (χ3v) is 6.42. The highest BCUT2D eigenvalue weighted by Gasteiger charge is 2.32. The van der Waals surface area contributed by atoms with Crippen LogP contribution in [0, 0.1) is 11.7 Å². The fourth-order valence-electron chi connectivity index (χ4n) is 2.79. The average Bonchev–Trinajstić information content (AvgIpc) is 2.50. The molecular weight excluding hydrogens is 392 g/mol. The molecule has 10 heteroatoms. The van der Waals surface area contributed by atoms with Crippen molar-refractivity contribution in [2.75, 3.05) is 18.4 Å². The molecule has 3 N–H and O–H groups in total. The summed E-state index contributed by atoms with van der Waals surface area (Å²) in [5.74, 6) is -1.12. The van der Waals surface area contributed by atoms with Gasteiger partial charge in [-0.15, -0.1) is 12.4 Å². The Morgan fingerprint density at radius 2 is 1.96 bits per heavy atom. The number of carbonyl (C=O) groups excluding carboxylic acids is 1. The van der Waals surface area contributed by atoms with Gasteiger partial charge < -0.3 is 11.1 Å².